The Balaban J connectivity index is 1.49. The van der Waals surface area contributed by atoms with Crippen molar-refractivity contribution in [3.05, 3.63) is 42.4 Å². The van der Waals surface area contributed by atoms with E-state index >= 15 is 0 Å². The van der Waals surface area contributed by atoms with Gasteiger partial charge in [-0.15, -0.1) is 0 Å². The molecule has 2 amide bonds. The molecule has 0 bridgehead atoms. The molecular weight excluding hydrogens is 278 g/mol. The van der Waals surface area contributed by atoms with Crippen molar-refractivity contribution in [3.63, 3.8) is 0 Å². The van der Waals surface area contributed by atoms with Crippen LogP contribution in [0.15, 0.2) is 36.7 Å². The van der Waals surface area contributed by atoms with Crippen LogP contribution in [0.5, 0.6) is 0 Å². The van der Waals surface area contributed by atoms with E-state index in [1.807, 2.05) is 47.0 Å². The number of likely N-dealkylation sites (tertiary alicyclic amines) is 1. The van der Waals surface area contributed by atoms with Crippen molar-refractivity contribution in [3.8, 4) is 0 Å². The largest absolute Gasteiger partial charge is 0.324 e. The molecule has 0 spiro atoms. The van der Waals surface area contributed by atoms with Crippen molar-refractivity contribution >= 4 is 11.8 Å². The van der Waals surface area contributed by atoms with Gasteiger partial charge in [-0.2, -0.15) is 5.10 Å². The maximum Gasteiger partial charge on any atom is 0.323 e. The summed E-state index contributed by atoms with van der Waals surface area (Å²) in [6.45, 7) is 4.41. The Labute approximate surface area is 130 Å². The number of carbonyl (C=O) groups excluding carboxylic acids is 1. The summed E-state index contributed by atoms with van der Waals surface area (Å²) in [6.07, 6.45) is 5.81. The van der Waals surface area contributed by atoms with Crippen LogP contribution in [0.1, 0.15) is 18.5 Å². The zero-order valence-electron chi connectivity index (χ0n) is 12.8. The summed E-state index contributed by atoms with van der Waals surface area (Å²) in [4.78, 5) is 18.4. The number of anilines is 1. The predicted molar refractivity (Wildman–Crippen MR) is 84.5 cm³/mol. The Morgan fingerprint density at radius 3 is 2.82 bits per heavy atom. The molecule has 1 aliphatic rings. The average molecular weight is 299 g/mol. The molecule has 3 heterocycles. The zero-order valence-corrected chi connectivity index (χ0v) is 12.8. The summed E-state index contributed by atoms with van der Waals surface area (Å²) < 4.78 is 1.97. The van der Waals surface area contributed by atoms with Crippen molar-refractivity contribution in [1.82, 2.24) is 19.7 Å². The lowest BCUT2D eigenvalue weighted by Crippen LogP contribution is -2.41. The van der Waals surface area contributed by atoms with Gasteiger partial charge in [-0.05, 0) is 43.9 Å². The molecule has 1 fully saturated rings. The Hall–Kier alpha value is -2.37. The Morgan fingerprint density at radius 2 is 2.14 bits per heavy atom. The first-order valence-corrected chi connectivity index (χ1v) is 7.68. The minimum absolute atomic E-state index is 0.0596. The van der Waals surface area contributed by atoms with Crippen molar-refractivity contribution in [2.24, 2.45) is 5.92 Å². The minimum Gasteiger partial charge on any atom is -0.324 e. The van der Waals surface area contributed by atoms with Gasteiger partial charge >= 0.3 is 6.03 Å². The number of nitrogens with one attached hydrogen (secondary N) is 1. The number of carbonyl (C=O) groups is 1. The second kappa shape index (κ2) is 6.60. The van der Waals surface area contributed by atoms with Crippen LogP contribution >= 0.6 is 0 Å². The molecule has 0 saturated carbocycles. The van der Waals surface area contributed by atoms with Crippen molar-refractivity contribution in [2.45, 2.75) is 26.3 Å². The molecule has 1 aliphatic heterocycles. The number of aryl methyl sites for hydroxylation is 1. The van der Waals surface area contributed by atoms with E-state index in [2.05, 4.69) is 15.4 Å². The molecule has 6 nitrogen and oxygen atoms in total. The number of amides is 2. The van der Waals surface area contributed by atoms with Crippen LogP contribution in [0.3, 0.4) is 0 Å². The fourth-order valence-electron chi connectivity index (χ4n) is 2.79. The SMILES string of the molecule is Cc1cccc(NC(=O)N2CCC(Cn3cccn3)CC2)n1. The van der Waals surface area contributed by atoms with Gasteiger partial charge in [-0.25, -0.2) is 9.78 Å². The lowest BCUT2D eigenvalue weighted by molar-refractivity contribution is 0.175. The smallest absolute Gasteiger partial charge is 0.323 e. The molecule has 2 aromatic rings. The molecule has 0 aromatic carbocycles. The van der Waals surface area contributed by atoms with Crippen molar-refractivity contribution in [1.29, 1.82) is 0 Å². The molecule has 0 aliphatic carbocycles. The van der Waals surface area contributed by atoms with Crippen LogP contribution in [-0.4, -0.2) is 38.8 Å². The van der Waals surface area contributed by atoms with Crippen LogP contribution in [0.4, 0.5) is 10.6 Å². The lowest BCUT2D eigenvalue weighted by Gasteiger charge is -2.31. The van der Waals surface area contributed by atoms with Gasteiger partial charge in [0.25, 0.3) is 0 Å². The average Bonchev–Trinajstić information content (AvgIpc) is 3.01. The molecule has 0 radical (unpaired) electrons. The van der Waals surface area contributed by atoms with E-state index in [4.69, 9.17) is 0 Å². The first kappa shape index (κ1) is 14.6. The lowest BCUT2D eigenvalue weighted by atomic mass is 9.97. The van der Waals surface area contributed by atoms with Crippen LogP contribution in [0.25, 0.3) is 0 Å². The molecule has 6 heteroatoms. The van der Waals surface area contributed by atoms with E-state index in [0.717, 1.165) is 38.2 Å². The first-order valence-electron chi connectivity index (χ1n) is 7.68. The molecule has 2 aromatic heterocycles. The van der Waals surface area contributed by atoms with E-state index in [1.54, 1.807) is 6.20 Å². The third-order valence-electron chi connectivity index (χ3n) is 4.03. The van der Waals surface area contributed by atoms with E-state index in [-0.39, 0.29) is 6.03 Å². The maximum absolute atomic E-state index is 12.3. The van der Waals surface area contributed by atoms with E-state index in [0.29, 0.717) is 11.7 Å². The summed E-state index contributed by atoms with van der Waals surface area (Å²) in [5.74, 6) is 1.20. The number of aromatic nitrogens is 3. The number of urea groups is 1. The van der Waals surface area contributed by atoms with Crippen LogP contribution in [0, 0.1) is 12.8 Å². The Morgan fingerprint density at radius 1 is 1.32 bits per heavy atom. The number of hydrogen-bond donors (Lipinski definition) is 1. The topological polar surface area (TPSA) is 63.1 Å². The summed E-state index contributed by atoms with van der Waals surface area (Å²) in [5.41, 5.74) is 0.899. The normalized spacial score (nSPS) is 15.8. The Bertz CT molecular complexity index is 617. The number of rotatable bonds is 3. The number of pyridine rings is 1. The molecule has 22 heavy (non-hydrogen) atoms. The summed E-state index contributed by atoms with van der Waals surface area (Å²) in [5, 5.41) is 7.12. The Kier molecular flexibility index (Phi) is 4.37. The molecule has 3 rings (SSSR count). The maximum atomic E-state index is 12.3. The molecule has 116 valence electrons. The zero-order chi connectivity index (χ0) is 15.4. The van der Waals surface area contributed by atoms with Crippen LogP contribution in [-0.2, 0) is 6.54 Å². The van der Waals surface area contributed by atoms with Gasteiger partial charge in [-0.3, -0.25) is 10.00 Å². The van der Waals surface area contributed by atoms with Gasteiger partial charge in [0.15, 0.2) is 0 Å². The third-order valence-corrected chi connectivity index (χ3v) is 4.03. The van der Waals surface area contributed by atoms with Gasteiger partial charge in [-0.1, -0.05) is 6.07 Å². The fraction of sp³-hybridized carbons (Fsp3) is 0.438. The summed E-state index contributed by atoms with van der Waals surface area (Å²) in [6, 6.07) is 7.51. The van der Waals surface area contributed by atoms with Crippen molar-refractivity contribution in [2.75, 3.05) is 18.4 Å². The van der Waals surface area contributed by atoms with Crippen LogP contribution < -0.4 is 5.32 Å². The highest BCUT2D eigenvalue weighted by Gasteiger charge is 2.23. The summed E-state index contributed by atoms with van der Waals surface area (Å²) in [7, 11) is 0. The highest BCUT2D eigenvalue weighted by molar-refractivity contribution is 5.88. The van der Waals surface area contributed by atoms with E-state index in [1.165, 1.54) is 0 Å². The first-order chi connectivity index (χ1) is 10.7. The van der Waals surface area contributed by atoms with Gasteiger partial charge in [0.05, 0.1) is 0 Å². The second-order valence-corrected chi connectivity index (χ2v) is 5.75. The molecule has 1 saturated heterocycles. The summed E-state index contributed by atoms with van der Waals surface area (Å²) >= 11 is 0. The highest BCUT2D eigenvalue weighted by Crippen LogP contribution is 2.19. The van der Waals surface area contributed by atoms with Gasteiger partial charge in [0.1, 0.15) is 5.82 Å². The minimum atomic E-state index is -0.0596. The van der Waals surface area contributed by atoms with Crippen LogP contribution in [0.2, 0.25) is 0 Å². The third kappa shape index (κ3) is 3.63. The second-order valence-electron chi connectivity index (χ2n) is 5.75. The predicted octanol–water partition coefficient (Wildman–Crippen LogP) is 2.53. The number of piperidine rings is 1. The highest BCUT2D eigenvalue weighted by atomic mass is 16.2. The molecule has 0 atom stereocenters. The van der Waals surface area contributed by atoms with E-state index in [9.17, 15) is 4.79 Å². The quantitative estimate of drug-likeness (QED) is 0.947. The number of hydrogen-bond acceptors (Lipinski definition) is 3. The molecular formula is C16H21N5O. The van der Waals surface area contributed by atoms with Crippen molar-refractivity contribution < 1.29 is 4.79 Å². The molecule has 1 N–H and O–H groups in total. The number of nitrogens with zero attached hydrogens (tertiary/aromatic N) is 4. The fourth-order valence-corrected chi connectivity index (χ4v) is 2.79. The standard InChI is InChI=1S/C16H21N5O/c1-13-4-2-5-15(18-13)19-16(22)20-10-6-14(7-11-20)12-21-9-3-8-17-21/h2-5,8-9,14H,6-7,10-12H2,1H3,(H,18,19,22). The van der Waals surface area contributed by atoms with Gasteiger partial charge < -0.3 is 4.90 Å². The van der Waals surface area contributed by atoms with E-state index < -0.39 is 0 Å². The molecule has 0 unspecified atom stereocenters. The monoisotopic (exact) mass is 299 g/mol. The van der Waals surface area contributed by atoms with Gasteiger partial charge in [0.2, 0.25) is 0 Å². The van der Waals surface area contributed by atoms with Gasteiger partial charge in [0, 0.05) is 37.7 Å².